The van der Waals surface area contributed by atoms with E-state index in [-0.39, 0.29) is 24.8 Å². The molecule has 0 bridgehead atoms. The van der Waals surface area contributed by atoms with Crippen LogP contribution in [-0.2, 0) is 10.3 Å². The summed E-state index contributed by atoms with van der Waals surface area (Å²) < 4.78 is 37.9. The molecular weight excluding hydrogens is 293 g/mol. The second-order valence-corrected chi connectivity index (χ2v) is 6.13. The molecule has 1 aromatic carbocycles. The highest BCUT2D eigenvalue weighted by molar-refractivity contribution is 5.87. The van der Waals surface area contributed by atoms with Crippen LogP contribution in [0.2, 0.25) is 0 Å². The van der Waals surface area contributed by atoms with Crippen LogP contribution in [0.1, 0.15) is 38.2 Å². The summed E-state index contributed by atoms with van der Waals surface area (Å²) in [6, 6.07) is 8.71. The van der Waals surface area contributed by atoms with E-state index in [0.29, 0.717) is 18.4 Å². The third kappa shape index (κ3) is 3.80. The highest BCUT2D eigenvalue weighted by atomic mass is 19.4. The Kier molecular flexibility index (Phi) is 4.80. The molecule has 0 saturated heterocycles. The summed E-state index contributed by atoms with van der Waals surface area (Å²) in [4.78, 5) is 12.4. The average Bonchev–Trinajstić information content (AvgIpc) is 2.47. The largest absolute Gasteiger partial charge is 0.391 e. The first-order chi connectivity index (χ1) is 10.2. The molecule has 22 heavy (non-hydrogen) atoms. The lowest BCUT2D eigenvalue weighted by atomic mass is 9.84. The van der Waals surface area contributed by atoms with Crippen molar-refractivity contribution < 1.29 is 18.0 Å². The van der Waals surface area contributed by atoms with E-state index in [0.717, 1.165) is 0 Å². The Balaban J connectivity index is 1.93. The van der Waals surface area contributed by atoms with Gasteiger partial charge in [0.2, 0.25) is 5.91 Å². The second-order valence-electron chi connectivity index (χ2n) is 6.13. The lowest BCUT2D eigenvalue weighted by Gasteiger charge is -2.33. The first-order valence-corrected chi connectivity index (χ1v) is 7.43. The predicted molar refractivity (Wildman–Crippen MR) is 77.9 cm³/mol. The number of alkyl halides is 3. The minimum absolute atomic E-state index is 0.0566. The van der Waals surface area contributed by atoms with Gasteiger partial charge < -0.3 is 11.1 Å². The van der Waals surface area contributed by atoms with Gasteiger partial charge in [-0.15, -0.1) is 0 Å². The van der Waals surface area contributed by atoms with E-state index in [2.05, 4.69) is 5.32 Å². The number of rotatable bonds is 3. The molecule has 3 nitrogen and oxygen atoms in total. The Morgan fingerprint density at radius 1 is 1.14 bits per heavy atom. The van der Waals surface area contributed by atoms with E-state index in [4.69, 9.17) is 5.73 Å². The maximum Gasteiger partial charge on any atom is 0.391 e. The molecule has 0 aromatic heterocycles. The minimum Gasteiger partial charge on any atom is -0.351 e. The van der Waals surface area contributed by atoms with Crippen LogP contribution in [0.3, 0.4) is 0 Å². The van der Waals surface area contributed by atoms with Gasteiger partial charge >= 0.3 is 6.18 Å². The molecule has 0 radical (unpaired) electrons. The summed E-state index contributed by atoms with van der Waals surface area (Å²) in [5.74, 6) is -1.60. The fraction of sp³-hybridized carbons (Fsp3) is 0.562. The topological polar surface area (TPSA) is 55.1 Å². The molecule has 1 atom stereocenters. The number of halogens is 3. The normalized spacial score (nSPS) is 25.3. The molecule has 6 heteroatoms. The van der Waals surface area contributed by atoms with Crippen LogP contribution in [0.4, 0.5) is 13.2 Å². The lowest BCUT2D eigenvalue weighted by Crippen LogP contribution is -2.52. The molecule has 122 valence electrons. The second kappa shape index (κ2) is 6.28. The maximum atomic E-state index is 12.6. The van der Waals surface area contributed by atoms with Gasteiger partial charge in [0.15, 0.2) is 0 Å². The molecule has 0 spiro atoms. The number of hydrogen-bond donors (Lipinski definition) is 2. The minimum atomic E-state index is -4.14. The summed E-state index contributed by atoms with van der Waals surface area (Å²) in [5, 5.41) is 2.80. The molecule has 1 aliphatic rings. The van der Waals surface area contributed by atoms with E-state index in [1.165, 1.54) is 0 Å². The van der Waals surface area contributed by atoms with E-state index in [9.17, 15) is 18.0 Å². The van der Waals surface area contributed by atoms with Gasteiger partial charge in [-0.3, -0.25) is 4.79 Å². The Bertz CT molecular complexity index is 506. The molecule has 1 amide bonds. The molecule has 3 N–H and O–H groups in total. The van der Waals surface area contributed by atoms with Gasteiger partial charge in [-0.25, -0.2) is 0 Å². The third-order valence-electron chi connectivity index (χ3n) is 4.37. The quantitative estimate of drug-likeness (QED) is 0.901. The number of hydrogen-bond acceptors (Lipinski definition) is 2. The molecule has 0 heterocycles. The van der Waals surface area contributed by atoms with Crippen LogP contribution in [-0.4, -0.2) is 18.1 Å². The highest BCUT2D eigenvalue weighted by Crippen LogP contribution is 2.37. The van der Waals surface area contributed by atoms with Gasteiger partial charge in [-0.1, -0.05) is 30.3 Å². The van der Waals surface area contributed by atoms with Crippen LogP contribution < -0.4 is 11.1 Å². The number of carbonyl (C=O) groups excluding carboxylic acids is 1. The van der Waals surface area contributed by atoms with Crippen LogP contribution >= 0.6 is 0 Å². The highest BCUT2D eigenvalue weighted by Gasteiger charge is 2.42. The zero-order chi connectivity index (χ0) is 16.4. The summed E-state index contributed by atoms with van der Waals surface area (Å²) in [7, 11) is 0. The third-order valence-corrected chi connectivity index (χ3v) is 4.37. The summed E-state index contributed by atoms with van der Waals surface area (Å²) >= 11 is 0. The van der Waals surface area contributed by atoms with E-state index in [1.807, 2.05) is 6.07 Å². The molecule has 1 saturated carbocycles. The van der Waals surface area contributed by atoms with Gasteiger partial charge in [-0.2, -0.15) is 13.2 Å². The van der Waals surface area contributed by atoms with Crippen LogP contribution in [0, 0.1) is 5.92 Å². The van der Waals surface area contributed by atoms with Crippen molar-refractivity contribution in [1.82, 2.24) is 5.32 Å². The first kappa shape index (κ1) is 16.8. The van der Waals surface area contributed by atoms with E-state index in [1.54, 1.807) is 31.2 Å². The van der Waals surface area contributed by atoms with Crippen molar-refractivity contribution in [3.05, 3.63) is 35.9 Å². The molecule has 1 aromatic rings. The Labute approximate surface area is 128 Å². The van der Waals surface area contributed by atoms with Crippen molar-refractivity contribution in [1.29, 1.82) is 0 Å². The fourth-order valence-electron chi connectivity index (χ4n) is 2.82. The number of amides is 1. The predicted octanol–water partition coefficient (Wildman–Crippen LogP) is 3.10. The summed E-state index contributed by atoms with van der Waals surface area (Å²) in [6.07, 6.45) is -3.36. The SMILES string of the molecule is CC(N)(C(=O)NC1CCC(C(F)(F)F)CC1)c1ccccc1. The van der Waals surface area contributed by atoms with Gasteiger partial charge in [0.25, 0.3) is 0 Å². The Morgan fingerprint density at radius 3 is 2.18 bits per heavy atom. The number of benzene rings is 1. The lowest BCUT2D eigenvalue weighted by molar-refractivity contribution is -0.182. The molecule has 1 aliphatic carbocycles. The van der Waals surface area contributed by atoms with Crippen molar-refractivity contribution in [2.75, 3.05) is 0 Å². The van der Waals surface area contributed by atoms with Crippen LogP contribution in [0.5, 0.6) is 0 Å². The van der Waals surface area contributed by atoms with Crippen molar-refractivity contribution in [2.24, 2.45) is 11.7 Å². The van der Waals surface area contributed by atoms with Crippen molar-refractivity contribution >= 4 is 5.91 Å². The molecule has 0 aliphatic heterocycles. The number of nitrogens with one attached hydrogen (secondary N) is 1. The summed E-state index contributed by atoms with van der Waals surface area (Å²) in [6.45, 7) is 1.61. The van der Waals surface area contributed by atoms with Crippen molar-refractivity contribution in [2.45, 2.75) is 50.4 Å². The average molecular weight is 314 g/mol. The number of nitrogens with two attached hydrogens (primary N) is 1. The standard InChI is InChI=1S/C16H21F3N2O/c1-15(20,11-5-3-2-4-6-11)14(22)21-13-9-7-12(8-10-13)16(17,18)19/h2-6,12-13H,7-10,20H2,1H3,(H,21,22). The molecule has 2 rings (SSSR count). The van der Waals surface area contributed by atoms with Crippen LogP contribution in [0.15, 0.2) is 30.3 Å². The monoisotopic (exact) mass is 314 g/mol. The van der Waals surface area contributed by atoms with Crippen LogP contribution in [0.25, 0.3) is 0 Å². The Hall–Kier alpha value is -1.56. The molecule has 1 fully saturated rings. The number of carbonyl (C=O) groups is 1. The smallest absolute Gasteiger partial charge is 0.351 e. The van der Waals surface area contributed by atoms with Crippen molar-refractivity contribution in [3.8, 4) is 0 Å². The zero-order valence-corrected chi connectivity index (χ0v) is 12.5. The summed E-state index contributed by atoms with van der Waals surface area (Å²) in [5.41, 5.74) is 5.59. The fourth-order valence-corrected chi connectivity index (χ4v) is 2.82. The van der Waals surface area contributed by atoms with E-state index >= 15 is 0 Å². The van der Waals surface area contributed by atoms with Crippen molar-refractivity contribution in [3.63, 3.8) is 0 Å². The van der Waals surface area contributed by atoms with Gasteiger partial charge in [0.1, 0.15) is 5.54 Å². The Morgan fingerprint density at radius 2 is 1.68 bits per heavy atom. The maximum absolute atomic E-state index is 12.6. The molecule has 1 unspecified atom stereocenters. The van der Waals surface area contributed by atoms with E-state index < -0.39 is 17.6 Å². The zero-order valence-electron chi connectivity index (χ0n) is 12.5. The van der Waals surface area contributed by atoms with Gasteiger partial charge in [0.05, 0.1) is 5.92 Å². The van der Waals surface area contributed by atoms with Gasteiger partial charge in [-0.05, 0) is 38.2 Å². The van der Waals surface area contributed by atoms with Gasteiger partial charge in [0, 0.05) is 6.04 Å². The first-order valence-electron chi connectivity index (χ1n) is 7.43. The molecular formula is C16H21F3N2O.